The normalized spacial score (nSPS) is 18.6. The summed E-state index contributed by atoms with van der Waals surface area (Å²) in [6.07, 6.45) is 4.20. The molecule has 1 nitrogen and oxygen atoms in total. The number of nitrogens with two attached hydrogens (primary N) is 1. The molecule has 0 radical (unpaired) electrons. The molecule has 0 heterocycles. The number of aryl methyl sites for hydroxylation is 1. The van der Waals surface area contributed by atoms with Crippen LogP contribution in [0, 0.1) is 5.82 Å². The van der Waals surface area contributed by atoms with E-state index < -0.39 is 0 Å². The summed E-state index contributed by atoms with van der Waals surface area (Å²) >= 11 is 0. The summed E-state index contributed by atoms with van der Waals surface area (Å²) in [7, 11) is 0. The molecular weight excluding hydrogens is 189 g/mol. The van der Waals surface area contributed by atoms with Crippen molar-refractivity contribution in [2.24, 2.45) is 5.73 Å². The van der Waals surface area contributed by atoms with Crippen molar-refractivity contribution in [3.8, 4) is 0 Å². The lowest BCUT2D eigenvalue weighted by Crippen LogP contribution is -2.42. The zero-order chi connectivity index (χ0) is 10.9. The van der Waals surface area contributed by atoms with Gasteiger partial charge in [-0.05, 0) is 36.5 Å². The molecule has 2 rings (SSSR count). The molecule has 2 N–H and O–H groups in total. The first-order valence-electron chi connectivity index (χ1n) is 5.71. The molecular formula is C13H18FN. The number of rotatable bonds is 3. The van der Waals surface area contributed by atoms with Gasteiger partial charge in [-0.3, -0.25) is 0 Å². The molecule has 0 amide bonds. The van der Waals surface area contributed by atoms with Crippen molar-refractivity contribution >= 4 is 0 Å². The molecule has 1 aliphatic rings. The summed E-state index contributed by atoms with van der Waals surface area (Å²) in [5, 5.41) is 0. The Kier molecular flexibility index (Phi) is 2.79. The van der Waals surface area contributed by atoms with Gasteiger partial charge in [-0.15, -0.1) is 0 Å². The van der Waals surface area contributed by atoms with Crippen LogP contribution >= 0.6 is 0 Å². The van der Waals surface area contributed by atoms with E-state index in [-0.39, 0.29) is 11.2 Å². The van der Waals surface area contributed by atoms with Crippen molar-refractivity contribution < 1.29 is 4.39 Å². The Hall–Kier alpha value is -0.890. The van der Waals surface area contributed by atoms with E-state index in [0.717, 1.165) is 24.8 Å². The van der Waals surface area contributed by atoms with Crippen LogP contribution in [-0.4, -0.2) is 6.54 Å². The minimum atomic E-state index is -0.0858. The molecule has 1 fully saturated rings. The molecule has 1 saturated carbocycles. The molecule has 0 aliphatic heterocycles. The van der Waals surface area contributed by atoms with Crippen LogP contribution in [0.3, 0.4) is 0 Å². The minimum absolute atomic E-state index is 0.0603. The Bertz CT molecular complexity index is 350. The maximum Gasteiger partial charge on any atom is 0.127 e. The molecule has 1 aliphatic carbocycles. The lowest BCUT2D eigenvalue weighted by atomic mass is 9.64. The monoisotopic (exact) mass is 207 g/mol. The highest BCUT2D eigenvalue weighted by Crippen LogP contribution is 2.44. The van der Waals surface area contributed by atoms with E-state index in [2.05, 4.69) is 6.92 Å². The molecule has 82 valence electrons. The quantitative estimate of drug-likeness (QED) is 0.810. The van der Waals surface area contributed by atoms with Crippen molar-refractivity contribution in [1.29, 1.82) is 0 Å². The van der Waals surface area contributed by atoms with Gasteiger partial charge in [-0.25, -0.2) is 4.39 Å². The van der Waals surface area contributed by atoms with E-state index in [0.29, 0.717) is 6.54 Å². The van der Waals surface area contributed by atoms with Crippen LogP contribution in [-0.2, 0) is 11.8 Å². The Labute approximate surface area is 90.5 Å². The molecule has 1 aromatic carbocycles. The fourth-order valence-corrected chi connectivity index (χ4v) is 2.39. The van der Waals surface area contributed by atoms with E-state index in [4.69, 9.17) is 5.73 Å². The van der Waals surface area contributed by atoms with E-state index in [1.54, 1.807) is 6.07 Å². The van der Waals surface area contributed by atoms with Gasteiger partial charge >= 0.3 is 0 Å². The van der Waals surface area contributed by atoms with Gasteiger partial charge in [0.2, 0.25) is 0 Å². The molecule has 0 atom stereocenters. The first-order chi connectivity index (χ1) is 7.22. The molecule has 2 heteroatoms. The molecule has 0 unspecified atom stereocenters. The molecule has 15 heavy (non-hydrogen) atoms. The summed E-state index contributed by atoms with van der Waals surface area (Å²) in [6, 6.07) is 5.45. The lowest BCUT2D eigenvalue weighted by molar-refractivity contribution is 0.244. The summed E-state index contributed by atoms with van der Waals surface area (Å²) in [5.41, 5.74) is 7.78. The Morgan fingerprint density at radius 3 is 2.60 bits per heavy atom. The van der Waals surface area contributed by atoms with Gasteiger partial charge in [0.15, 0.2) is 0 Å². The zero-order valence-electron chi connectivity index (χ0n) is 9.22. The van der Waals surface area contributed by atoms with Crippen molar-refractivity contribution in [3.05, 3.63) is 35.1 Å². The largest absolute Gasteiger partial charge is 0.330 e. The number of hydrogen-bond donors (Lipinski definition) is 1. The van der Waals surface area contributed by atoms with Gasteiger partial charge in [0, 0.05) is 12.0 Å². The third kappa shape index (κ3) is 1.67. The third-order valence-electron chi connectivity index (χ3n) is 3.71. The highest BCUT2D eigenvalue weighted by Gasteiger charge is 2.39. The number of halogens is 1. The van der Waals surface area contributed by atoms with E-state index in [1.165, 1.54) is 12.0 Å². The van der Waals surface area contributed by atoms with Gasteiger partial charge in [0.05, 0.1) is 0 Å². The van der Waals surface area contributed by atoms with Crippen LogP contribution < -0.4 is 5.73 Å². The second-order valence-corrected chi connectivity index (χ2v) is 4.51. The highest BCUT2D eigenvalue weighted by atomic mass is 19.1. The average Bonchev–Trinajstić information content (AvgIpc) is 2.20. The highest BCUT2D eigenvalue weighted by molar-refractivity contribution is 5.34. The average molecular weight is 207 g/mol. The van der Waals surface area contributed by atoms with Gasteiger partial charge in [0.1, 0.15) is 5.82 Å². The Morgan fingerprint density at radius 2 is 2.13 bits per heavy atom. The van der Waals surface area contributed by atoms with E-state index >= 15 is 0 Å². The van der Waals surface area contributed by atoms with Gasteiger partial charge < -0.3 is 5.73 Å². The standard InChI is InChI=1S/C13H18FN/c1-2-10-4-5-12(14)11(8-10)13(9-15)6-3-7-13/h4-5,8H,2-3,6-7,9,15H2,1H3. The van der Waals surface area contributed by atoms with Gasteiger partial charge in [-0.2, -0.15) is 0 Å². The van der Waals surface area contributed by atoms with Crippen molar-refractivity contribution in [1.82, 2.24) is 0 Å². The fourth-order valence-electron chi connectivity index (χ4n) is 2.39. The minimum Gasteiger partial charge on any atom is -0.330 e. The van der Waals surface area contributed by atoms with Crippen LogP contribution in [0.1, 0.15) is 37.3 Å². The first kappa shape index (κ1) is 10.6. The fraction of sp³-hybridized carbons (Fsp3) is 0.538. The second kappa shape index (κ2) is 3.93. The molecule has 0 spiro atoms. The van der Waals surface area contributed by atoms with Crippen LogP contribution in [0.4, 0.5) is 4.39 Å². The molecule has 0 aromatic heterocycles. The zero-order valence-corrected chi connectivity index (χ0v) is 9.22. The molecule has 0 saturated heterocycles. The van der Waals surface area contributed by atoms with Crippen molar-refractivity contribution in [2.75, 3.05) is 6.54 Å². The van der Waals surface area contributed by atoms with Crippen LogP contribution in [0.2, 0.25) is 0 Å². The third-order valence-corrected chi connectivity index (χ3v) is 3.71. The summed E-state index contributed by atoms with van der Waals surface area (Å²) < 4.78 is 13.8. The van der Waals surface area contributed by atoms with Crippen LogP contribution in [0.25, 0.3) is 0 Å². The smallest absolute Gasteiger partial charge is 0.127 e. The Morgan fingerprint density at radius 1 is 1.40 bits per heavy atom. The Balaban J connectivity index is 2.41. The van der Waals surface area contributed by atoms with Crippen molar-refractivity contribution in [3.63, 3.8) is 0 Å². The molecule has 0 bridgehead atoms. The predicted molar refractivity (Wildman–Crippen MR) is 60.4 cm³/mol. The number of benzene rings is 1. The second-order valence-electron chi connectivity index (χ2n) is 4.51. The first-order valence-corrected chi connectivity index (χ1v) is 5.71. The van der Waals surface area contributed by atoms with E-state index in [9.17, 15) is 4.39 Å². The van der Waals surface area contributed by atoms with Gasteiger partial charge in [0.25, 0.3) is 0 Å². The van der Waals surface area contributed by atoms with Crippen molar-refractivity contribution in [2.45, 2.75) is 38.0 Å². The maximum absolute atomic E-state index is 13.8. The SMILES string of the molecule is CCc1ccc(F)c(C2(CN)CCC2)c1. The summed E-state index contributed by atoms with van der Waals surface area (Å²) in [5.74, 6) is -0.0858. The van der Waals surface area contributed by atoms with Gasteiger partial charge in [-0.1, -0.05) is 25.5 Å². The predicted octanol–water partition coefficient (Wildman–Crippen LogP) is 2.77. The summed E-state index contributed by atoms with van der Waals surface area (Å²) in [4.78, 5) is 0. The number of hydrogen-bond acceptors (Lipinski definition) is 1. The lowest BCUT2D eigenvalue weighted by Gasteiger charge is -2.41. The molecule has 1 aromatic rings. The van der Waals surface area contributed by atoms with Crippen LogP contribution in [0.5, 0.6) is 0 Å². The van der Waals surface area contributed by atoms with E-state index in [1.807, 2.05) is 12.1 Å². The van der Waals surface area contributed by atoms with Crippen LogP contribution in [0.15, 0.2) is 18.2 Å². The summed E-state index contributed by atoms with van der Waals surface area (Å²) in [6.45, 7) is 2.66. The topological polar surface area (TPSA) is 26.0 Å². The maximum atomic E-state index is 13.8.